The van der Waals surface area contributed by atoms with Crippen LogP contribution in [0.25, 0.3) is 0 Å². The number of benzene rings is 1. The summed E-state index contributed by atoms with van der Waals surface area (Å²) in [4.78, 5) is 23.2. The molecule has 1 aromatic carbocycles. The fourth-order valence-electron chi connectivity index (χ4n) is 2.15. The maximum absolute atomic E-state index is 13.8. The second-order valence-corrected chi connectivity index (χ2v) is 4.99. The fourth-order valence-corrected chi connectivity index (χ4v) is 2.15. The van der Waals surface area contributed by atoms with E-state index in [4.69, 9.17) is 0 Å². The van der Waals surface area contributed by atoms with Crippen LogP contribution in [-0.4, -0.2) is 39.6 Å². The van der Waals surface area contributed by atoms with Crippen LogP contribution in [0.4, 0.5) is 8.78 Å². The molecule has 1 aliphatic rings. The van der Waals surface area contributed by atoms with Crippen molar-refractivity contribution < 1.29 is 33.3 Å². The van der Waals surface area contributed by atoms with E-state index in [9.17, 15) is 28.6 Å². The molecule has 0 aliphatic carbocycles. The maximum atomic E-state index is 13.8. The molecule has 1 saturated heterocycles. The van der Waals surface area contributed by atoms with Gasteiger partial charge in [-0.25, -0.2) is 8.78 Å². The van der Waals surface area contributed by atoms with Crippen LogP contribution in [0, 0.1) is 0 Å². The normalized spacial score (nSPS) is 29.1. The molecule has 0 saturated carbocycles. The Morgan fingerprint density at radius 2 is 1.90 bits per heavy atom. The van der Waals surface area contributed by atoms with E-state index >= 15 is 0 Å². The monoisotopic (exact) mass is 300 g/mol. The summed E-state index contributed by atoms with van der Waals surface area (Å²) in [5.74, 6) is -8.77. The third-order valence-electron chi connectivity index (χ3n) is 3.37. The third-order valence-corrected chi connectivity index (χ3v) is 3.37. The van der Waals surface area contributed by atoms with Crippen LogP contribution in [0.2, 0.25) is 0 Å². The Balaban J connectivity index is 2.25. The van der Waals surface area contributed by atoms with Crippen LogP contribution in [-0.2, 0) is 14.3 Å². The summed E-state index contributed by atoms with van der Waals surface area (Å²) in [6.45, 7) is 0.885. The first-order chi connectivity index (χ1) is 9.67. The minimum absolute atomic E-state index is 0.125. The molecule has 2 N–H and O–H groups in total. The number of ketones is 2. The molecule has 0 radical (unpaired) electrons. The number of ether oxygens (including phenoxy) is 1. The van der Waals surface area contributed by atoms with Crippen LogP contribution >= 0.6 is 0 Å². The fraction of sp³-hybridized carbons (Fsp3) is 0.429. The summed E-state index contributed by atoms with van der Waals surface area (Å²) in [5.41, 5.74) is 0.125. The van der Waals surface area contributed by atoms with Crippen molar-refractivity contribution in [2.24, 2.45) is 0 Å². The Morgan fingerprint density at radius 3 is 2.38 bits per heavy atom. The Hall–Kier alpha value is -1.70. The van der Waals surface area contributed by atoms with E-state index in [-0.39, 0.29) is 5.56 Å². The van der Waals surface area contributed by atoms with Crippen molar-refractivity contribution >= 4 is 11.6 Å². The summed E-state index contributed by atoms with van der Waals surface area (Å²) in [6.07, 6.45) is -5.51. The zero-order valence-electron chi connectivity index (χ0n) is 11.1. The van der Waals surface area contributed by atoms with Crippen LogP contribution in [0.15, 0.2) is 30.3 Å². The number of aliphatic hydroxyl groups excluding tert-OH is 1. The van der Waals surface area contributed by atoms with Crippen molar-refractivity contribution in [1.82, 2.24) is 0 Å². The van der Waals surface area contributed by atoms with Gasteiger partial charge in [-0.1, -0.05) is 30.3 Å². The molecule has 1 aromatic rings. The van der Waals surface area contributed by atoms with Crippen molar-refractivity contribution in [2.45, 2.75) is 37.3 Å². The molecule has 3 atom stereocenters. The first-order valence-electron chi connectivity index (χ1n) is 6.23. The van der Waals surface area contributed by atoms with Crippen LogP contribution in [0.1, 0.15) is 25.0 Å². The smallest absolute Gasteiger partial charge is 0.286 e. The highest BCUT2D eigenvalue weighted by molar-refractivity contribution is 5.91. The van der Waals surface area contributed by atoms with Gasteiger partial charge in [0, 0.05) is 6.92 Å². The lowest BCUT2D eigenvalue weighted by Gasteiger charge is -2.20. The van der Waals surface area contributed by atoms with E-state index in [1.807, 2.05) is 0 Å². The topological polar surface area (TPSA) is 83.8 Å². The third kappa shape index (κ3) is 2.85. The summed E-state index contributed by atoms with van der Waals surface area (Å²) >= 11 is 0. The number of aliphatic hydroxyl groups is 2. The molecule has 0 amide bonds. The van der Waals surface area contributed by atoms with Gasteiger partial charge in [0.15, 0.2) is 11.9 Å². The lowest BCUT2D eigenvalue weighted by atomic mass is 9.97. The van der Waals surface area contributed by atoms with E-state index in [1.54, 1.807) is 6.07 Å². The van der Waals surface area contributed by atoms with Crippen molar-refractivity contribution in [3.05, 3.63) is 35.9 Å². The standard InChI is InChI=1S/C14H14F2O5/c1-8(17)14(20)7-13(15,16)12(21-14)11(19)10(18)9-5-3-2-4-6-9/h2-6,10,12,18,20H,7H2,1H3/t10?,12-,14-/m1/s1. The Kier molecular flexibility index (Phi) is 3.92. The molecule has 0 aromatic heterocycles. The van der Waals surface area contributed by atoms with Gasteiger partial charge >= 0.3 is 0 Å². The predicted octanol–water partition coefficient (Wildman–Crippen LogP) is 0.991. The van der Waals surface area contributed by atoms with Crippen LogP contribution in [0.3, 0.4) is 0 Å². The molecular formula is C14H14F2O5. The predicted molar refractivity (Wildman–Crippen MR) is 66.5 cm³/mol. The molecular weight excluding hydrogens is 286 g/mol. The second kappa shape index (κ2) is 5.25. The minimum Gasteiger partial charge on any atom is -0.380 e. The molecule has 0 bridgehead atoms. The number of carbonyl (C=O) groups excluding carboxylic acids is 2. The van der Waals surface area contributed by atoms with Gasteiger partial charge in [0.05, 0.1) is 6.42 Å². The number of alkyl halides is 2. The Morgan fingerprint density at radius 1 is 1.33 bits per heavy atom. The number of carbonyl (C=O) groups is 2. The molecule has 1 aliphatic heterocycles. The Labute approximate surface area is 119 Å². The SMILES string of the molecule is CC(=O)[C@@]1(O)CC(F)(F)[C@@H](C(=O)C(O)c2ccccc2)O1. The van der Waals surface area contributed by atoms with Gasteiger partial charge in [-0.2, -0.15) is 0 Å². The highest BCUT2D eigenvalue weighted by Gasteiger charge is 2.62. The zero-order valence-corrected chi connectivity index (χ0v) is 11.1. The van der Waals surface area contributed by atoms with Gasteiger partial charge in [0.25, 0.3) is 5.92 Å². The molecule has 21 heavy (non-hydrogen) atoms. The number of hydrogen-bond donors (Lipinski definition) is 2. The van der Waals surface area contributed by atoms with Gasteiger partial charge < -0.3 is 14.9 Å². The lowest BCUT2D eigenvalue weighted by Crippen LogP contribution is -2.40. The average molecular weight is 300 g/mol. The largest absolute Gasteiger partial charge is 0.380 e. The summed E-state index contributed by atoms with van der Waals surface area (Å²) < 4.78 is 32.2. The quantitative estimate of drug-likeness (QED) is 0.866. The number of rotatable bonds is 4. The summed E-state index contributed by atoms with van der Waals surface area (Å²) in [6, 6.07) is 7.49. The van der Waals surface area contributed by atoms with Crippen molar-refractivity contribution in [2.75, 3.05) is 0 Å². The van der Waals surface area contributed by atoms with Gasteiger partial charge in [0.1, 0.15) is 6.10 Å². The van der Waals surface area contributed by atoms with Gasteiger partial charge in [-0.15, -0.1) is 0 Å². The molecule has 0 spiro atoms. The van der Waals surface area contributed by atoms with Crippen molar-refractivity contribution in [3.8, 4) is 0 Å². The first-order valence-corrected chi connectivity index (χ1v) is 6.23. The first kappa shape index (κ1) is 15.7. The van der Waals surface area contributed by atoms with E-state index in [2.05, 4.69) is 4.74 Å². The van der Waals surface area contributed by atoms with E-state index < -0.39 is 41.9 Å². The second-order valence-electron chi connectivity index (χ2n) is 4.99. The summed E-state index contributed by atoms with van der Waals surface area (Å²) in [7, 11) is 0. The van der Waals surface area contributed by atoms with E-state index in [0.29, 0.717) is 0 Å². The van der Waals surface area contributed by atoms with E-state index in [1.165, 1.54) is 24.3 Å². The zero-order chi connectivity index (χ0) is 15.8. The van der Waals surface area contributed by atoms with Crippen LogP contribution < -0.4 is 0 Å². The maximum Gasteiger partial charge on any atom is 0.286 e. The molecule has 5 nitrogen and oxygen atoms in total. The van der Waals surface area contributed by atoms with Crippen molar-refractivity contribution in [1.29, 1.82) is 0 Å². The molecule has 114 valence electrons. The van der Waals surface area contributed by atoms with Crippen molar-refractivity contribution in [3.63, 3.8) is 0 Å². The Bertz CT molecular complexity index is 560. The average Bonchev–Trinajstić information content (AvgIpc) is 2.69. The van der Waals surface area contributed by atoms with E-state index in [0.717, 1.165) is 6.92 Å². The molecule has 1 fully saturated rings. The highest BCUT2D eigenvalue weighted by atomic mass is 19.3. The number of hydrogen-bond acceptors (Lipinski definition) is 5. The minimum atomic E-state index is -3.74. The van der Waals surface area contributed by atoms with Gasteiger partial charge in [-0.05, 0) is 5.56 Å². The van der Waals surface area contributed by atoms with Gasteiger partial charge in [-0.3, -0.25) is 9.59 Å². The van der Waals surface area contributed by atoms with Crippen LogP contribution in [0.5, 0.6) is 0 Å². The molecule has 1 heterocycles. The molecule has 1 unspecified atom stereocenters. The number of halogens is 2. The molecule has 7 heteroatoms. The summed E-state index contributed by atoms with van der Waals surface area (Å²) in [5, 5.41) is 19.6. The number of Topliss-reactive ketones (excluding diaryl/α,β-unsaturated/α-hetero) is 2. The lowest BCUT2D eigenvalue weighted by molar-refractivity contribution is -0.201. The van der Waals surface area contributed by atoms with Gasteiger partial charge in [0.2, 0.25) is 11.6 Å². The highest BCUT2D eigenvalue weighted by Crippen LogP contribution is 2.43. The molecule has 2 rings (SSSR count).